The summed E-state index contributed by atoms with van der Waals surface area (Å²) in [5.41, 5.74) is 4.69. The van der Waals surface area contributed by atoms with Crippen LogP contribution in [0.15, 0.2) is 12.7 Å². The van der Waals surface area contributed by atoms with Crippen LogP contribution >= 0.6 is 0 Å². The van der Waals surface area contributed by atoms with Crippen LogP contribution in [0.25, 0.3) is 0 Å². The van der Waals surface area contributed by atoms with Gasteiger partial charge < -0.3 is 10.3 Å². The van der Waals surface area contributed by atoms with Crippen molar-refractivity contribution in [2.24, 2.45) is 5.64 Å². The Morgan fingerprint density at radius 2 is 2.57 bits per heavy atom. The molecule has 2 N–H and O–H groups in total. The highest BCUT2D eigenvalue weighted by Gasteiger charge is 1.89. The lowest BCUT2D eigenvalue weighted by Crippen LogP contribution is -2.13. The van der Waals surface area contributed by atoms with E-state index < -0.39 is 5.97 Å². The lowest BCUT2D eigenvalue weighted by atomic mass is 10.3. The fourth-order valence-corrected chi connectivity index (χ4v) is 0.115. The van der Waals surface area contributed by atoms with Gasteiger partial charge in [0.25, 0.3) is 0 Å². The van der Waals surface area contributed by atoms with Gasteiger partial charge in [-0.2, -0.15) is 0 Å². The van der Waals surface area contributed by atoms with E-state index in [1.54, 1.807) is 0 Å². The maximum absolute atomic E-state index is 9.96. The van der Waals surface area contributed by atoms with E-state index in [1.807, 2.05) is 0 Å². The minimum atomic E-state index is -0.539. The summed E-state index contributed by atoms with van der Waals surface area (Å²) in [6, 6.07) is 0. The number of hydrogen-bond donors (Lipinski definition) is 1. The van der Waals surface area contributed by atoms with Gasteiger partial charge in [-0.15, -0.1) is 0 Å². The number of rotatable bonds is 2. The molecule has 0 aliphatic heterocycles. The highest BCUT2D eigenvalue weighted by molar-refractivity contribution is 6.26. The predicted molar refractivity (Wildman–Crippen MR) is 26.2 cm³/mol. The van der Waals surface area contributed by atoms with Gasteiger partial charge in [0.2, 0.25) is 0 Å². The number of carbonyl (C=O) groups excluding carboxylic acids is 1. The van der Waals surface area contributed by atoms with Crippen molar-refractivity contribution in [3.63, 3.8) is 0 Å². The molecule has 0 atom stereocenters. The normalized spacial score (nSPS) is 7.00. The quantitative estimate of drug-likeness (QED) is 0.363. The fourth-order valence-electron chi connectivity index (χ4n) is 0.115. The predicted octanol–water partition coefficient (Wildman–Crippen LogP) is -0.792. The second-order valence-electron chi connectivity index (χ2n) is 0.777. The van der Waals surface area contributed by atoms with Crippen LogP contribution < -0.4 is 5.64 Å². The minimum absolute atomic E-state index is 0.539. The maximum Gasteiger partial charge on any atom is 0.476 e. The van der Waals surface area contributed by atoms with Crippen LogP contribution in [0.4, 0.5) is 0 Å². The van der Waals surface area contributed by atoms with Crippen molar-refractivity contribution < 1.29 is 9.45 Å². The molecule has 0 rings (SSSR count). The van der Waals surface area contributed by atoms with Gasteiger partial charge in [-0.25, -0.2) is 4.79 Å². The molecule has 0 aliphatic carbocycles. The van der Waals surface area contributed by atoms with E-state index in [0.717, 1.165) is 13.7 Å². The third-order valence-corrected chi connectivity index (χ3v) is 0.351. The molecule has 0 bridgehead atoms. The van der Waals surface area contributed by atoms with Gasteiger partial charge in [0.1, 0.15) is 0 Å². The van der Waals surface area contributed by atoms with Crippen molar-refractivity contribution in [1.82, 2.24) is 0 Å². The summed E-state index contributed by atoms with van der Waals surface area (Å²) in [5, 5.41) is 0. The van der Waals surface area contributed by atoms with Crippen LogP contribution in [0.5, 0.6) is 0 Å². The molecule has 3 nitrogen and oxygen atoms in total. The van der Waals surface area contributed by atoms with E-state index in [1.165, 1.54) is 0 Å². The van der Waals surface area contributed by atoms with E-state index in [9.17, 15) is 4.79 Å². The first-order chi connectivity index (χ1) is 3.31. The molecule has 0 saturated carbocycles. The molecule has 0 aromatic rings. The molecule has 4 heteroatoms. The topological polar surface area (TPSA) is 52.3 Å². The summed E-state index contributed by atoms with van der Waals surface area (Å²) in [6.07, 6.45) is 1.03. The van der Waals surface area contributed by atoms with Crippen LogP contribution in [0.1, 0.15) is 0 Å². The fraction of sp³-hybridized carbons (Fsp3) is 0. The van der Waals surface area contributed by atoms with Crippen molar-refractivity contribution in [3.8, 4) is 0 Å². The van der Waals surface area contributed by atoms with Crippen LogP contribution in [-0.2, 0) is 9.45 Å². The van der Waals surface area contributed by atoms with Crippen LogP contribution in [-0.4, -0.2) is 13.6 Å². The molecule has 0 aromatic heterocycles. The molecule has 0 saturated heterocycles. The van der Waals surface area contributed by atoms with Crippen LogP contribution in [0.3, 0.4) is 0 Å². The lowest BCUT2D eigenvalue weighted by molar-refractivity contribution is -0.128. The SMILES string of the molecule is C=CC(=O)O[B]N. The molecule has 0 fully saturated rings. The van der Waals surface area contributed by atoms with Crippen molar-refractivity contribution in [3.05, 3.63) is 12.7 Å². The summed E-state index contributed by atoms with van der Waals surface area (Å²) in [5.74, 6) is -0.539. The van der Waals surface area contributed by atoms with E-state index in [-0.39, 0.29) is 0 Å². The first-order valence-electron chi connectivity index (χ1n) is 1.67. The van der Waals surface area contributed by atoms with Crippen molar-refractivity contribution >= 4 is 13.6 Å². The van der Waals surface area contributed by atoms with Crippen molar-refractivity contribution in [2.45, 2.75) is 0 Å². The second kappa shape index (κ2) is 3.43. The third-order valence-electron chi connectivity index (χ3n) is 0.351. The molecule has 0 heterocycles. The molecular formula is C3H5BNO2. The monoisotopic (exact) mass is 98.0 g/mol. The van der Waals surface area contributed by atoms with E-state index in [4.69, 9.17) is 0 Å². The van der Waals surface area contributed by atoms with Crippen LogP contribution in [0, 0.1) is 0 Å². The first kappa shape index (κ1) is 6.23. The van der Waals surface area contributed by atoms with Gasteiger partial charge in [0, 0.05) is 6.08 Å². The zero-order valence-electron chi connectivity index (χ0n) is 3.76. The largest absolute Gasteiger partial charge is 0.518 e. The van der Waals surface area contributed by atoms with Crippen molar-refractivity contribution in [1.29, 1.82) is 0 Å². The highest BCUT2D eigenvalue weighted by Crippen LogP contribution is 1.69. The van der Waals surface area contributed by atoms with Crippen LogP contribution in [0.2, 0.25) is 0 Å². The van der Waals surface area contributed by atoms with Gasteiger partial charge in [-0.3, -0.25) is 0 Å². The smallest absolute Gasteiger partial charge is 0.476 e. The summed E-state index contributed by atoms with van der Waals surface area (Å²) >= 11 is 0. The number of nitrogens with two attached hydrogens (primary N) is 1. The first-order valence-corrected chi connectivity index (χ1v) is 1.67. The average Bonchev–Trinajstić information content (AvgIpc) is 1.68. The summed E-state index contributed by atoms with van der Waals surface area (Å²) < 4.78 is 4.09. The molecule has 0 unspecified atom stereocenters. The Morgan fingerprint density at radius 3 is 2.71 bits per heavy atom. The molecule has 1 radical (unpaired) electrons. The average molecular weight is 97.9 g/mol. The number of carbonyl (C=O) groups is 1. The molecule has 0 aromatic carbocycles. The second-order valence-corrected chi connectivity index (χ2v) is 0.777. The summed E-state index contributed by atoms with van der Waals surface area (Å²) in [4.78, 5) is 9.96. The maximum atomic E-state index is 9.96. The van der Waals surface area contributed by atoms with Gasteiger partial charge >= 0.3 is 13.6 Å². The van der Waals surface area contributed by atoms with Gasteiger partial charge in [0.15, 0.2) is 0 Å². The minimum Gasteiger partial charge on any atom is -0.518 e. The Hall–Kier alpha value is -0.765. The van der Waals surface area contributed by atoms with E-state index in [2.05, 4.69) is 16.9 Å². The Balaban J connectivity index is 3.17. The standard InChI is InChI=1S/C3H5BNO2/c1-2-3(6)7-4-5/h2H,1,5H2. The molecular weight excluding hydrogens is 92.9 g/mol. The Labute approximate surface area is 42.4 Å². The molecule has 0 aliphatic rings. The molecule has 0 spiro atoms. The summed E-state index contributed by atoms with van der Waals surface area (Å²) in [7, 11) is 0.810. The van der Waals surface area contributed by atoms with Gasteiger partial charge in [0.05, 0.1) is 0 Å². The highest BCUT2D eigenvalue weighted by atomic mass is 16.5. The zero-order chi connectivity index (χ0) is 5.70. The van der Waals surface area contributed by atoms with E-state index >= 15 is 0 Å². The number of hydrogen-bond acceptors (Lipinski definition) is 3. The molecule has 7 heavy (non-hydrogen) atoms. The lowest BCUT2D eigenvalue weighted by Gasteiger charge is -1.88. The molecule has 0 amide bonds. The molecule has 37 valence electrons. The van der Waals surface area contributed by atoms with Gasteiger partial charge in [-0.05, 0) is 0 Å². The Kier molecular flexibility index (Phi) is 3.05. The zero-order valence-corrected chi connectivity index (χ0v) is 3.76. The van der Waals surface area contributed by atoms with Crippen molar-refractivity contribution in [2.75, 3.05) is 0 Å². The Morgan fingerprint density at radius 1 is 2.00 bits per heavy atom. The Bertz CT molecular complexity index is 83.0. The van der Waals surface area contributed by atoms with E-state index in [0.29, 0.717) is 0 Å². The summed E-state index contributed by atoms with van der Waals surface area (Å²) in [6.45, 7) is 3.13. The third kappa shape index (κ3) is 3.05. The van der Waals surface area contributed by atoms with Gasteiger partial charge in [-0.1, -0.05) is 6.58 Å².